The first-order valence-electron chi connectivity index (χ1n) is 11.1. The molecule has 30 heavy (non-hydrogen) atoms. The highest BCUT2D eigenvalue weighted by molar-refractivity contribution is 7.13. The third kappa shape index (κ3) is 5.25. The summed E-state index contributed by atoms with van der Waals surface area (Å²) in [4.78, 5) is 26.9. The highest BCUT2D eigenvalue weighted by Gasteiger charge is 2.34. The topological polar surface area (TPSA) is 58.6 Å². The number of carbonyl (C=O) groups is 1. The van der Waals surface area contributed by atoms with Gasteiger partial charge in [-0.25, -0.2) is 4.98 Å². The van der Waals surface area contributed by atoms with Crippen molar-refractivity contribution in [3.63, 3.8) is 0 Å². The molecule has 4 rings (SSSR count). The Morgan fingerprint density at radius 3 is 3.00 bits per heavy atom. The minimum absolute atomic E-state index is 0.151. The van der Waals surface area contributed by atoms with Crippen molar-refractivity contribution in [2.75, 3.05) is 39.9 Å². The zero-order valence-corrected chi connectivity index (χ0v) is 18.6. The largest absolute Gasteiger partial charge is 0.383 e. The van der Waals surface area contributed by atoms with Crippen LogP contribution < -0.4 is 0 Å². The Kier molecular flexibility index (Phi) is 7.47. The van der Waals surface area contributed by atoms with E-state index >= 15 is 0 Å². The van der Waals surface area contributed by atoms with Crippen molar-refractivity contribution < 1.29 is 9.53 Å². The number of rotatable bonds is 8. The van der Waals surface area contributed by atoms with Crippen LogP contribution in [-0.2, 0) is 16.0 Å². The molecule has 0 aromatic carbocycles. The molecule has 7 heteroatoms. The number of nitrogens with zero attached hydrogens (tertiary/aromatic N) is 4. The second-order valence-electron chi connectivity index (χ2n) is 8.37. The molecule has 2 aliphatic rings. The fourth-order valence-electron chi connectivity index (χ4n) is 4.85. The van der Waals surface area contributed by atoms with Crippen molar-refractivity contribution in [2.45, 2.75) is 44.6 Å². The second-order valence-corrected chi connectivity index (χ2v) is 9.23. The molecule has 2 unspecified atom stereocenters. The van der Waals surface area contributed by atoms with Gasteiger partial charge in [-0.15, -0.1) is 11.3 Å². The molecule has 2 fully saturated rings. The van der Waals surface area contributed by atoms with Gasteiger partial charge >= 0.3 is 0 Å². The summed E-state index contributed by atoms with van der Waals surface area (Å²) in [5.41, 5.74) is 1.69. The molecule has 0 spiro atoms. The Hall–Kier alpha value is -1.83. The molecule has 2 aliphatic heterocycles. The predicted octanol–water partition coefficient (Wildman–Crippen LogP) is 3.49. The summed E-state index contributed by atoms with van der Waals surface area (Å²) in [5.74, 6) is 0.720. The Balaban J connectivity index is 1.41. The molecule has 1 amide bonds. The van der Waals surface area contributed by atoms with Gasteiger partial charge in [0.25, 0.3) is 0 Å². The molecule has 0 bridgehead atoms. The summed E-state index contributed by atoms with van der Waals surface area (Å²) in [6, 6.07) is 6.45. The van der Waals surface area contributed by atoms with Gasteiger partial charge in [0.1, 0.15) is 5.01 Å². The summed E-state index contributed by atoms with van der Waals surface area (Å²) in [6.45, 7) is 4.50. The average molecular weight is 429 g/mol. The molecule has 162 valence electrons. The van der Waals surface area contributed by atoms with Crippen LogP contribution in [0.25, 0.3) is 10.7 Å². The van der Waals surface area contributed by atoms with E-state index in [4.69, 9.17) is 4.74 Å². The first kappa shape index (κ1) is 21.4. The number of amides is 1. The molecule has 0 N–H and O–H groups in total. The lowest BCUT2D eigenvalue weighted by atomic mass is 9.83. The number of fused-ring (bicyclic) bond motifs is 1. The fourth-order valence-corrected chi connectivity index (χ4v) is 5.65. The SMILES string of the molecule is COCCN(CC1CCCN2CCCCC12)C(=O)Cc1csc(-c2ccccn2)n1. The predicted molar refractivity (Wildman–Crippen MR) is 119 cm³/mol. The molecular formula is C23H32N4O2S. The monoisotopic (exact) mass is 428 g/mol. The lowest BCUT2D eigenvalue weighted by Crippen LogP contribution is -2.52. The summed E-state index contributed by atoms with van der Waals surface area (Å²) < 4.78 is 5.30. The molecule has 2 atom stereocenters. The maximum Gasteiger partial charge on any atom is 0.228 e. The summed E-state index contributed by atoms with van der Waals surface area (Å²) in [6.07, 6.45) is 8.49. The number of carbonyl (C=O) groups excluding carboxylic acids is 1. The van der Waals surface area contributed by atoms with Crippen molar-refractivity contribution in [3.8, 4) is 10.7 Å². The van der Waals surface area contributed by atoms with Crippen molar-refractivity contribution in [3.05, 3.63) is 35.5 Å². The molecular weight excluding hydrogens is 396 g/mol. The molecule has 4 heterocycles. The van der Waals surface area contributed by atoms with Crippen LogP contribution in [0.2, 0.25) is 0 Å². The number of hydrogen-bond donors (Lipinski definition) is 0. The van der Waals surface area contributed by atoms with E-state index in [-0.39, 0.29) is 5.91 Å². The highest BCUT2D eigenvalue weighted by Crippen LogP contribution is 2.31. The molecule has 0 saturated carbocycles. The number of methoxy groups -OCH3 is 1. The zero-order valence-electron chi connectivity index (χ0n) is 17.8. The quantitative estimate of drug-likeness (QED) is 0.644. The maximum atomic E-state index is 13.2. The Labute approximate surface area is 183 Å². The Bertz CT molecular complexity index is 811. The first-order valence-corrected chi connectivity index (χ1v) is 12.0. The van der Waals surface area contributed by atoms with Crippen LogP contribution in [0.3, 0.4) is 0 Å². The summed E-state index contributed by atoms with van der Waals surface area (Å²) in [5, 5.41) is 2.85. The average Bonchev–Trinajstić information content (AvgIpc) is 3.25. The number of pyridine rings is 1. The van der Waals surface area contributed by atoms with E-state index in [9.17, 15) is 4.79 Å². The zero-order chi connectivity index (χ0) is 20.8. The standard InChI is InChI=1S/C23H32N4O2S/c1-29-14-13-27(16-18-7-6-12-26-11-5-3-9-21(18)26)22(28)15-19-17-30-23(25-19)20-8-2-4-10-24-20/h2,4,8,10,17-18,21H,3,5-7,9,11-16H2,1H3. The molecule has 0 aliphatic carbocycles. The lowest BCUT2D eigenvalue weighted by Gasteiger charge is -2.45. The molecule has 2 saturated heterocycles. The molecule has 2 aromatic heterocycles. The molecule has 6 nitrogen and oxygen atoms in total. The summed E-state index contributed by atoms with van der Waals surface area (Å²) in [7, 11) is 1.70. The molecule has 0 radical (unpaired) electrons. The van der Waals surface area contributed by atoms with Gasteiger partial charge in [0.2, 0.25) is 5.91 Å². The summed E-state index contributed by atoms with van der Waals surface area (Å²) >= 11 is 1.55. The van der Waals surface area contributed by atoms with Crippen LogP contribution in [-0.4, -0.2) is 71.6 Å². The van der Waals surface area contributed by atoms with Gasteiger partial charge in [0.05, 0.1) is 24.4 Å². The minimum Gasteiger partial charge on any atom is -0.383 e. The van der Waals surface area contributed by atoms with Gasteiger partial charge < -0.3 is 14.5 Å². The van der Waals surface area contributed by atoms with Crippen LogP contribution in [0.1, 0.15) is 37.8 Å². The number of thiazole rings is 1. The van der Waals surface area contributed by atoms with E-state index in [1.165, 1.54) is 45.2 Å². The molecule has 2 aromatic rings. The number of hydrogen-bond acceptors (Lipinski definition) is 6. The van der Waals surface area contributed by atoms with Crippen LogP contribution in [0.15, 0.2) is 29.8 Å². The van der Waals surface area contributed by atoms with Gasteiger partial charge in [-0.3, -0.25) is 9.78 Å². The third-order valence-electron chi connectivity index (χ3n) is 6.37. The number of ether oxygens (including phenoxy) is 1. The van der Waals surface area contributed by atoms with Gasteiger partial charge in [-0.05, 0) is 56.8 Å². The van der Waals surface area contributed by atoms with Gasteiger partial charge in [0.15, 0.2) is 0 Å². The van der Waals surface area contributed by atoms with Crippen molar-refractivity contribution in [1.82, 2.24) is 19.8 Å². The van der Waals surface area contributed by atoms with E-state index in [1.54, 1.807) is 24.6 Å². The van der Waals surface area contributed by atoms with Crippen LogP contribution in [0.5, 0.6) is 0 Å². The van der Waals surface area contributed by atoms with Gasteiger partial charge in [-0.1, -0.05) is 12.5 Å². The highest BCUT2D eigenvalue weighted by atomic mass is 32.1. The van der Waals surface area contributed by atoms with Crippen molar-refractivity contribution in [2.24, 2.45) is 5.92 Å². The van der Waals surface area contributed by atoms with E-state index < -0.39 is 0 Å². The Morgan fingerprint density at radius 2 is 2.17 bits per heavy atom. The van der Waals surface area contributed by atoms with E-state index in [0.29, 0.717) is 31.5 Å². The number of aromatic nitrogens is 2. The van der Waals surface area contributed by atoms with Crippen LogP contribution >= 0.6 is 11.3 Å². The second kappa shape index (κ2) is 10.5. The van der Waals surface area contributed by atoms with Crippen LogP contribution in [0, 0.1) is 5.92 Å². The number of piperidine rings is 2. The van der Waals surface area contributed by atoms with Crippen molar-refractivity contribution in [1.29, 1.82) is 0 Å². The van der Waals surface area contributed by atoms with Gasteiger partial charge in [0, 0.05) is 37.8 Å². The Morgan fingerprint density at radius 1 is 1.27 bits per heavy atom. The van der Waals surface area contributed by atoms with Gasteiger partial charge in [-0.2, -0.15) is 0 Å². The third-order valence-corrected chi connectivity index (χ3v) is 7.28. The smallest absolute Gasteiger partial charge is 0.228 e. The van der Waals surface area contributed by atoms with E-state index in [2.05, 4.69) is 14.9 Å². The maximum absolute atomic E-state index is 13.2. The van der Waals surface area contributed by atoms with E-state index in [0.717, 1.165) is 22.9 Å². The fraction of sp³-hybridized carbons (Fsp3) is 0.609. The van der Waals surface area contributed by atoms with Crippen molar-refractivity contribution >= 4 is 17.2 Å². The minimum atomic E-state index is 0.151. The lowest BCUT2D eigenvalue weighted by molar-refractivity contribution is -0.132. The normalized spacial score (nSPS) is 21.9. The first-order chi connectivity index (χ1) is 14.7. The van der Waals surface area contributed by atoms with Crippen LogP contribution in [0.4, 0.5) is 0 Å². The van der Waals surface area contributed by atoms with E-state index in [1.807, 2.05) is 28.5 Å².